The van der Waals surface area contributed by atoms with Crippen molar-refractivity contribution in [1.82, 2.24) is 15.5 Å². The second kappa shape index (κ2) is 4.01. The van der Waals surface area contributed by atoms with Crippen molar-refractivity contribution in [2.45, 2.75) is 26.3 Å². The summed E-state index contributed by atoms with van der Waals surface area (Å²) in [6, 6.07) is 0. The molecule has 2 heterocycles. The number of anilines is 1. The molecule has 0 spiro atoms. The molecule has 16 heavy (non-hydrogen) atoms. The number of carbonyl (C=O) groups excluding carboxylic acids is 1. The van der Waals surface area contributed by atoms with Gasteiger partial charge in [0.05, 0.1) is 5.92 Å². The van der Waals surface area contributed by atoms with Crippen LogP contribution in [0.4, 0.5) is 5.13 Å². The van der Waals surface area contributed by atoms with Crippen LogP contribution in [0.2, 0.25) is 0 Å². The van der Waals surface area contributed by atoms with Gasteiger partial charge in [-0.05, 0) is 20.8 Å². The third-order valence-electron chi connectivity index (χ3n) is 2.37. The van der Waals surface area contributed by atoms with Crippen molar-refractivity contribution in [3.8, 4) is 0 Å². The Bertz CT molecular complexity index is 365. The number of rotatable bonds is 2. The maximum atomic E-state index is 11.8. The lowest BCUT2D eigenvalue weighted by atomic mass is 9.98. The summed E-state index contributed by atoms with van der Waals surface area (Å²) >= 11 is 1.51. The fourth-order valence-corrected chi connectivity index (χ4v) is 2.16. The van der Waals surface area contributed by atoms with E-state index in [9.17, 15) is 4.79 Å². The number of hydrogen-bond donors (Lipinski definition) is 1. The van der Waals surface area contributed by atoms with Gasteiger partial charge in [-0.2, -0.15) is 0 Å². The van der Waals surface area contributed by atoms with Crippen LogP contribution >= 0.6 is 11.3 Å². The SMILES string of the molecule is CC(C)(C)NC(=O)C1CN(c2nncs2)C1. The molecule has 1 amide bonds. The molecule has 1 aliphatic heterocycles. The smallest absolute Gasteiger partial charge is 0.227 e. The number of aromatic nitrogens is 2. The van der Waals surface area contributed by atoms with Gasteiger partial charge in [-0.25, -0.2) is 0 Å². The Hall–Kier alpha value is -1.17. The molecule has 1 N–H and O–H groups in total. The fraction of sp³-hybridized carbons (Fsp3) is 0.700. The maximum absolute atomic E-state index is 11.8. The Balaban J connectivity index is 1.82. The second-order valence-corrected chi connectivity index (χ2v) is 5.87. The third-order valence-corrected chi connectivity index (χ3v) is 3.12. The molecule has 0 atom stereocenters. The molecule has 6 heteroatoms. The lowest BCUT2D eigenvalue weighted by molar-refractivity contribution is -0.127. The van der Waals surface area contributed by atoms with Gasteiger partial charge in [0.15, 0.2) is 0 Å². The summed E-state index contributed by atoms with van der Waals surface area (Å²) < 4.78 is 0. The van der Waals surface area contributed by atoms with Gasteiger partial charge in [-0.15, -0.1) is 10.2 Å². The first-order valence-electron chi connectivity index (χ1n) is 5.29. The minimum absolute atomic E-state index is 0.0862. The molecule has 1 aromatic rings. The van der Waals surface area contributed by atoms with Crippen LogP contribution in [0.1, 0.15) is 20.8 Å². The van der Waals surface area contributed by atoms with Gasteiger partial charge in [0.25, 0.3) is 0 Å². The zero-order valence-electron chi connectivity index (χ0n) is 9.73. The lowest BCUT2D eigenvalue weighted by Crippen LogP contribution is -2.56. The normalized spacial score (nSPS) is 17.1. The molecule has 5 nitrogen and oxygen atoms in total. The van der Waals surface area contributed by atoms with Crippen molar-refractivity contribution >= 4 is 22.4 Å². The van der Waals surface area contributed by atoms with Crippen LogP contribution in [0.5, 0.6) is 0 Å². The van der Waals surface area contributed by atoms with Crippen LogP contribution in [-0.4, -0.2) is 34.7 Å². The molecule has 0 saturated carbocycles. The second-order valence-electron chi connectivity index (χ2n) is 5.06. The van der Waals surface area contributed by atoms with E-state index in [1.54, 1.807) is 5.51 Å². The quantitative estimate of drug-likeness (QED) is 0.834. The first kappa shape index (κ1) is 11.3. The van der Waals surface area contributed by atoms with E-state index in [2.05, 4.69) is 20.4 Å². The van der Waals surface area contributed by atoms with Crippen LogP contribution in [-0.2, 0) is 4.79 Å². The number of nitrogens with one attached hydrogen (secondary N) is 1. The van der Waals surface area contributed by atoms with E-state index in [0.717, 1.165) is 18.2 Å². The molecule has 2 rings (SSSR count). The largest absolute Gasteiger partial charge is 0.351 e. The van der Waals surface area contributed by atoms with Crippen molar-refractivity contribution in [1.29, 1.82) is 0 Å². The Morgan fingerprint density at radius 3 is 2.75 bits per heavy atom. The molecule has 0 aromatic carbocycles. The van der Waals surface area contributed by atoms with Crippen LogP contribution in [0.3, 0.4) is 0 Å². The third kappa shape index (κ3) is 2.49. The first-order valence-corrected chi connectivity index (χ1v) is 6.17. The molecule has 88 valence electrons. The average Bonchev–Trinajstić information content (AvgIpc) is 2.49. The summed E-state index contributed by atoms with van der Waals surface area (Å²) in [6.07, 6.45) is 0. The standard InChI is InChI=1S/C10H16N4OS/c1-10(2,3)12-8(15)7-4-14(5-7)9-13-11-6-16-9/h6-7H,4-5H2,1-3H3,(H,12,15). The summed E-state index contributed by atoms with van der Waals surface area (Å²) in [5.41, 5.74) is 1.55. The van der Waals surface area contributed by atoms with Gasteiger partial charge in [-0.1, -0.05) is 11.3 Å². The van der Waals surface area contributed by atoms with E-state index >= 15 is 0 Å². The molecule has 0 unspecified atom stereocenters. The van der Waals surface area contributed by atoms with E-state index < -0.39 is 0 Å². The molecule has 0 radical (unpaired) electrons. The Labute approximate surface area is 98.9 Å². The Morgan fingerprint density at radius 2 is 2.25 bits per heavy atom. The zero-order chi connectivity index (χ0) is 11.8. The average molecular weight is 240 g/mol. The fourth-order valence-electron chi connectivity index (χ4n) is 1.58. The summed E-state index contributed by atoms with van der Waals surface area (Å²) in [7, 11) is 0. The summed E-state index contributed by atoms with van der Waals surface area (Å²) in [5, 5.41) is 11.6. The number of amides is 1. The predicted molar refractivity (Wildman–Crippen MR) is 63.5 cm³/mol. The summed E-state index contributed by atoms with van der Waals surface area (Å²) in [4.78, 5) is 13.9. The minimum atomic E-state index is -0.153. The predicted octanol–water partition coefficient (Wildman–Crippen LogP) is 0.889. The van der Waals surface area contributed by atoms with E-state index in [1.165, 1.54) is 11.3 Å². The van der Waals surface area contributed by atoms with Crippen molar-refractivity contribution in [3.05, 3.63) is 5.51 Å². The van der Waals surface area contributed by atoms with Crippen molar-refractivity contribution in [2.75, 3.05) is 18.0 Å². The number of nitrogens with zero attached hydrogens (tertiary/aromatic N) is 3. The van der Waals surface area contributed by atoms with Crippen LogP contribution in [0.25, 0.3) is 0 Å². The number of hydrogen-bond acceptors (Lipinski definition) is 5. The van der Waals surface area contributed by atoms with Crippen LogP contribution in [0, 0.1) is 5.92 Å². The van der Waals surface area contributed by atoms with Crippen LogP contribution < -0.4 is 10.2 Å². The monoisotopic (exact) mass is 240 g/mol. The highest BCUT2D eigenvalue weighted by Gasteiger charge is 2.35. The summed E-state index contributed by atoms with van der Waals surface area (Å²) in [6.45, 7) is 7.47. The van der Waals surface area contributed by atoms with Gasteiger partial charge in [-0.3, -0.25) is 4.79 Å². The van der Waals surface area contributed by atoms with Gasteiger partial charge in [0.1, 0.15) is 5.51 Å². The first-order chi connectivity index (χ1) is 7.46. The molecular weight excluding hydrogens is 224 g/mol. The lowest BCUT2D eigenvalue weighted by Gasteiger charge is -2.39. The maximum Gasteiger partial charge on any atom is 0.227 e. The highest BCUT2D eigenvalue weighted by Crippen LogP contribution is 2.25. The Kier molecular flexibility index (Phi) is 2.84. The van der Waals surface area contributed by atoms with E-state index in [-0.39, 0.29) is 17.4 Å². The van der Waals surface area contributed by atoms with E-state index in [0.29, 0.717) is 0 Å². The minimum Gasteiger partial charge on any atom is -0.351 e. The highest BCUT2D eigenvalue weighted by atomic mass is 32.1. The van der Waals surface area contributed by atoms with Gasteiger partial charge in [0.2, 0.25) is 11.0 Å². The Morgan fingerprint density at radius 1 is 1.56 bits per heavy atom. The van der Waals surface area contributed by atoms with Crippen molar-refractivity contribution in [3.63, 3.8) is 0 Å². The molecule has 1 aromatic heterocycles. The van der Waals surface area contributed by atoms with Crippen LogP contribution in [0.15, 0.2) is 5.51 Å². The van der Waals surface area contributed by atoms with Crippen molar-refractivity contribution in [2.24, 2.45) is 5.92 Å². The van der Waals surface area contributed by atoms with E-state index in [4.69, 9.17) is 0 Å². The van der Waals surface area contributed by atoms with Gasteiger partial charge >= 0.3 is 0 Å². The topological polar surface area (TPSA) is 58.1 Å². The molecule has 1 fully saturated rings. The molecule has 1 aliphatic rings. The van der Waals surface area contributed by atoms with Gasteiger partial charge in [0, 0.05) is 18.6 Å². The van der Waals surface area contributed by atoms with Gasteiger partial charge < -0.3 is 10.2 Å². The van der Waals surface area contributed by atoms with Crippen molar-refractivity contribution < 1.29 is 4.79 Å². The molecular formula is C10H16N4OS. The highest BCUT2D eigenvalue weighted by molar-refractivity contribution is 7.13. The molecule has 0 aliphatic carbocycles. The van der Waals surface area contributed by atoms with E-state index in [1.807, 2.05) is 20.8 Å². The molecule has 1 saturated heterocycles. The molecule has 0 bridgehead atoms. The zero-order valence-corrected chi connectivity index (χ0v) is 10.5. The number of carbonyl (C=O) groups is 1. The summed E-state index contributed by atoms with van der Waals surface area (Å²) in [5.74, 6) is 0.219.